The van der Waals surface area contributed by atoms with E-state index in [1.165, 1.54) is 9.80 Å². The van der Waals surface area contributed by atoms with Crippen LogP contribution < -0.4 is 5.73 Å². The molecule has 0 bridgehead atoms. The molecule has 2 heterocycles. The predicted octanol–water partition coefficient (Wildman–Crippen LogP) is -0.0657. The molecule has 17 heavy (non-hydrogen) atoms. The first kappa shape index (κ1) is 11.5. The number of hydrogen-bond acceptors (Lipinski definition) is 4. The van der Waals surface area contributed by atoms with Crippen molar-refractivity contribution in [1.29, 1.82) is 0 Å². The van der Waals surface area contributed by atoms with E-state index in [0.29, 0.717) is 12.2 Å². The normalized spacial score (nSPS) is 15.9. The van der Waals surface area contributed by atoms with Crippen LogP contribution in [0, 0.1) is 0 Å². The van der Waals surface area contributed by atoms with Gasteiger partial charge in [-0.1, -0.05) is 6.07 Å². The number of carbonyl (C=O) groups excluding carboxylic acids is 2. The second-order valence-corrected chi connectivity index (χ2v) is 3.93. The zero-order chi connectivity index (χ0) is 12.4. The summed E-state index contributed by atoms with van der Waals surface area (Å²) in [5.74, 6) is -0.190. The molecule has 2 rings (SSSR count). The van der Waals surface area contributed by atoms with E-state index < -0.39 is 0 Å². The molecule has 6 nitrogen and oxygen atoms in total. The van der Waals surface area contributed by atoms with Gasteiger partial charge in [0, 0.05) is 19.8 Å². The average Bonchev–Trinajstić information content (AvgIpc) is 2.57. The van der Waals surface area contributed by atoms with Gasteiger partial charge in [-0.15, -0.1) is 0 Å². The summed E-state index contributed by atoms with van der Waals surface area (Å²) >= 11 is 0. The lowest BCUT2D eigenvalue weighted by Gasteiger charge is -2.15. The molecule has 2 N–H and O–H groups in total. The summed E-state index contributed by atoms with van der Waals surface area (Å²) in [6.07, 6.45) is 1.64. The Balaban J connectivity index is 2.21. The Bertz CT molecular complexity index is 461. The van der Waals surface area contributed by atoms with Gasteiger partial charge in [-0.05, 0) is 11.6 Å². The molecule has 1 fully saturated rings. The topological polar surface area (TPSA) is 79.5 Å². The molecule has 3 amide bonds. The quantitative estimate of drug-likeness (QED) is 0.743. The van der Waals surface area contributed by atoms with E-state index in [1.54, 1.807) is 19.3 Å². The summed E-state index contributed by atoms with van der Waals surface area (Å²) in [6, 6.07) is 3.32. The number of likely N-dealkylation sites (N-methyl/N-ethyl adjacent to an activating group) is 1. The van der Waals surface area contributed by atoms with Crippen LogP contribution in [0.25, 0.3) is 0 Å². The fraction of sp³-hybridized carbons (Fsp3) is 0.364. The fourth-order valence-corrected chi connectivity index (χ4v) is 1.79. The van der Waals surface area contributed by atoms with Crippen LogP contribution in [0.4, 0.5) is 4.79 Å². The van der Waals surface area contributed by atoms with Gasteiger partial charge in [-0.25, -0.2) is 4.79 Å². The number of aromatic nitrogens is 1. The van der Waals surface area contributed by atoms with Crippen LogP contribution in [-0.4, -0.2) is 40.3 Å². The van der Waals surface area contributed by atoms with E-state index in [0.717, 1.165) is 5.56 Å². The molecule has 0 spiro atoms. The van der Waals surface area contributed by atoms with Crippen LogP contribution in [0.5, 0.6) is 0 Å². The Hall–Kier alpha value is -1.95. The maximum atomic E-state index is 11.7. The summed E-state index contributed by atoms with van der Waals surface area (Å²) in [6.45, 7) is 0.668. The SMILES string of the molecule is CN1CC(=O)N(Cc2cccnc2CN)C1=O. The molecule has 1 aliphatic rings. The number of urea groups is 1. The Morgan fingerprint density at radius 3 is 2.82 bits per heavy atom. The lowest BCUT2D eigenvalue weighted by molar-refractivity contribution is -0.125. The summed E-state index contributed by atoms with van der Waals surface area (Å²) in [4.78, 5) is 30.0. The van der Waals surface area contributed by atoms with Crippen molar-refractivity contribution in [3.8, 4) is 0 Å². The summed E-state index contributed by atoms with van der Waals surface area (Å²) in [5.41, 5.74) is 7.08. The van der Waals surface area contributed by atoms with Crippen LogP contribution in [0.1, 0.15) is 11.3 Å². The first-order chi connectivity index (χ1) is 8.13. The van der Waals surface area contributed by atoms with Gasteiger partial charge in [0.1, 0.15) is 6.54 Å². The number of rotatable bonds is 3. The Kier molecular flexibility index (Phi) is 3.06. The van der Waals surface area contributed by atoms with Crippen LogP contribution in [0.15, 0.2) is 18.3 Å². The van der Waals surface area contributed by atoms with Gasteiger partial charge in [0.15, 0.2) is 0 Å². The van der Waals surface area contributed by atoms with Gasteiger partial charge in [0.2, 0.25) is 0 Å². The van der Waals surface area contributed by atoms with Crippen molar-refractivity contribution in [2.45, 2.75) is 13.1 Å². The van der Waals surface area contributed by atoms with Gasteiger partial charge in [0.25, 0.3) is 5.91 Å². The average molecular weight is 234 g/mol. The van der Waals surface area contributed by atoms with Crippen LogP contribution in [0.2, 0.25) is 0 Å². The number of pyridine rings is 1. The van der Waals surface area contributed by atoms with E-state index in [-0.39, 0.29) is 25.0 Å². The fourth-order valence-electron chi connectivity index (χ4n) is 1.79. The second-order valence-electron chi connectivity index (χ2n) is 3.93. The minimum Gasteiger partial charge on any atom is -0.325 e. The maximum Gasteiger partial charge on any atom is 0.327 e. The Morgan fingerprint density at radius 1 is 1.47 bits per heavy atom. The first-order valence-corrected chi connectivity index (χ1v) is 5.31. The zero-order valence-electron chi connectivity index (χ0n) is 9.59. The molecule has 0 aliphatic carbocycles. The molecular weight excluding hydrogens is 220 g/mol. The highest BCUT2D eigenvalue weighted by Crippen LogP contribution is 2.14. The molecule has 1 aliphatic heterocycles. The van der Waals surface area contributed by atoms with E-state index in [1.807, 2.05) is 6.07 Å². The number of hydrogen-bond donors (Lipinski definition) is 1. The molecule has 1 saturated heterocycles. The highest BCUT2D eigenvalue weighted by Gasteiger charge is 2.33. The molecule has 90 valence electrons. The van der Waals surface area contributed by atoms with Crippen LogP contribution >= 0.6 is 0 Å². The number of nitrogens with two attached hydrogens (primary N) is 1. The smallest absolute Gasteiger partial charge is 0.325 e. The van der Waals surface area contributed by atoms with Crippen molar-refractivity contribution in [2.75, 3.05) is 13.6 Å². The van der Waals surface area contributed by atoms with Crippen LogP contribution in [0.3, 0.4) is 0 Å². The molecule has 0 unspecified atom stereocenters. The Morgan fingerprint density at radius 2 is 2.24 bits per heavy atom. The number of imide groups is 1. The van der Waals surface area contributed by atoms with E-state index in [4.69, 9.17) is 5.73 Å². The third-order valence-corrected chi connectivity index (χ3v) is 2.74. The van der Waals surface area contributed by atoms with Gasteiger partial charge in [0.05, 0.1) is 12.2 Å². The summed E-state index contributed by atoms with van der Waals surface area (Å²) in [5, 5.41) is 0. The largest absolute Gasteiger partial charge is 0.327 e. The zero-order valence-corrected chi connectivity index (χ0v) is 9.59. The lowest BCUT2D eigenvalue weighted by atomic mass is 10.2. The molecule has 0 radical (unpaired) electrons. The number of carbonyl (C=O) groups is 2. The van der Waals surface area contributed by atoms with Crippen molar-refractivity contribution >= 4 is 11.9 Å². The van der Waals surface area contributed by atoms with Crippen LogP contribution in [-0.2, 0) is 17.9 Å². The minimum atomic E-state index is -0.276. The highest BCUT2D eigenvalue weighted by molar-refractivity contribution is 6.01. The molecule has 1 aromatic rings. The van der Waals surface area contributed by atoms with E-state index in [2.05, 4.69) is 4.98 Å². The second kappa shape index (κ2) is 4.50. The van der Waals surface area contributed by atoms with Gasteiger partial charge in [-0.2, -0.15) is 0 Å². The van der Waals surface area contributed by atoms with Crippen molar-refractivity contribution < 1.29 is 9.59 Å². The molecule has 0 atom stereocenters. The monoisotopic (exact) mass is 234 g/mol. The van der Waals surface area contributed by atoms with Gasteiger partial charge in [-0.3, -0.25) is 14.7 Å². The maximum absolute atomic E-state index is 11.7. The number of amides is 3. The highest BCUT2D eigenvalue weighted by atomic mass is 16.2. The van der Waals surface area contributed by atoms with Crippen molar-refractivity contribution in [3.63, 3.8) is 0 Å². The molecule has 0 saturated carbocycles. The van der Waals surface area contributed by atoms with Crippen molar-refractivity contribution in [1.82, 2.24) is 14.8 Å². The summed E-state index contributed by atoms with van der Waals surface area (Å²) in [7, 11) is 1.60. The van der Waals surface area contributed by atoms with Gasteiger partial charge >= 0.3 is 6.03 Å². The summed E-state index contributed by atoms with van der Waals surface area (Å²) < 4.78 is 0. The molecular formula is C11H14N4O2. The van der Waals surface area contributed by atoms with Crippen molar-refractivity contribution in [2.24, 2.45) is 5.73 Å². The Labute approximate surface area is 99.0 Å². The van der Waals surface area contributed by atoms with E-state index >= 15 is 0 Å². The predicted molar refractivity (Wildman–Crippen MR) is 60.7 cm³/mol. The molecule has 1 aromatic heterocycles. The number of nitrogens with zero attached hydrogens (tertiary/aromatic N) is 3. The van der Waals surface area contributed by atoms with Crippen molar-refractivity contribution in [3.05, 3.63) is 29.6 Å². The standard InChI is InChI=1S/C11H14N4O2/c1-14-7-10(16)15(11(14)17)6-8-3-2-4-13-9(8)5-12/h2-4H,5-7,12H2,1H3. The minimum absolute atomic E-state index is 0.136. The van der Waals surface area contributed by atoms with Gasteiger partial charge < -0.3 is 10.6 Å². The first-order valence-electron chi connectivity index (χ1n) is 5.31. The van der Waals surface area contributed by atoms with E-state index in [9.17, 15) is 9.59 Å². The third kappa shape index (κ3) is 2.12. The third-order valence-electron chi connectivity index (χ3n) is 2.74. The lowest BCUT2D eigenvalue weighted by Crippen LogP contribution is -2.31. The molecule has 6 heteroatoms. The molecule has 0 aromatic carbocycles.